The number of nitrogens with one attached hydrogen (secondary N) is 2. The van der Waals surface area contributed by atoms with Crippen molar-refractivity contribution in [3.05, 3.63) is 24.3 Å². The fraction of sp³-hybridized carbons (Fsp3) is 0.600. The van der Waals surface area contributed by atoms with Crippen LogP contribution in [-0.2, 0) is 4.74 Å². The predicted octanol–water partition coefficient (Wildman–Crippen LogP) is 3.66. The Morgan fingerprint density at radius 1 is 1.04 bits per heavy atom. The first-order chi connectivity index (χ1) is 13.8. The van der Waals surface area contributed by atoms with Gasteiger partial charge in [-0.1, -0.05) is 19.3 Å². The van der Waals surface area contributed by atoms with Gasteiger partial charge in [0.25, 0.3) is 0 Å². The van der Waals surface area contributed by atoms with Gasteiger partial charge in [-0.15, -0.1) is 0 Å². The van der Waals surface area contributed by atoms with E-state index < -0.39 is 5.82 Å². The molecule has 1 aliphatic carbocycles. The molecule has 4 rings (SSSR count). The Bertz CT molecular complexity index is 777. The van der Waals surface area contributed by atoms with Crippen molar-refractivity contribution < 1.29 is 9.13 Å². The lowest BCUT2D eigenvalue weighted by atomic mass is 9.96. The summed E-state index contributed by atoms with van der Waals surface area (Å²) < 4.78 is 19.8. The lowest BCUT2D eigenvalue weighted by Gasteiger charge is -2.23. The quantitative estimate of drug-likeness (QED) is 0.784. The Morgan fingerprint density at radius 3 is 2.68 bits per heavy atom. The maximum absolute atomic E-state index is 14.4. The fourth-order valence-electron chi connectivity index (χ4n) is 3.79. The largest absolute Gasteiger partial charge is 0.381 e. The Labute approximate surface area is 164 Å². The van der Waals surface area contributed by atoms with E-state index >= 15 is 0 Å². The first-order valence-corrected chi connectivity index (χ1v) is 10.2. The molecular formula is C20H27FN6O. The molecule has 0 spiro atoms. The first kappa shape index (κ1) is 19.0. The van der Waals surface area contributed by atoms with Gasteiger partial charge in [-0.25, -0.2) is 24.3 Å². The number of hydrogen-bond donors (Lipinski definition) is 2. The second kappa shape index (κ2) is 9.23. The van der Waals surface area contributed by atoms with E-state index in [0.717, 1.165) is 45.4 Å². The molecule has 28 heavy (non-hydrogen) atoms. The number of hydrogen-bond acceptors (Lipinski definition) is 7. The minimum Gasteiger partial charge on any atom is -0.381 e. The summed E-state index contributed by atoms with van der Waals surface area (Å²) >= 11 is 0. The van der Waals surface area contributed by atoms with Crippen LogP contribution in [0.2, 0.25) is 0 Å². The Hall–Kier alpha value is -2.35. The normalized spacial score (nSPS) is 18.8. The standard InChI is InChI=1S/C20H27FN6O/c21-16-13-24-20(25-15-4-2-1-3-5-15)27-18(16)19-22-9-6-17(26-19)23-12-14-7-10-28-11-8-14/h6,9,13-15H,1-5,7-8,10-12H2,(H,22,23,26)(H,24,25,27). The van der Waals surface area contributed by atoms with E-state index in [9.17, 15) is 4.39 Å². The molecule has 2 aromatic rings. The highest BCUT2D eigenvalue weighted by molar-refractivity contribution is 5.54. The number of rotatable bonds is 6. The fourth-order valence-corrected chi connectivity index (χ4v) is 3.79. The molecule has 0 unspecified atom stereocenters. The van der Waals surface area contributed by atoms with Crippen LogP contribution in [0.15, 0.2) is 18.5 Å². The average molecular weight is 386 g/mol. The molecule has 0 aromatic carbocycles. The van der Waals surface area contributed by atoms with Gasteiger partial charge in [0.1, 0.15) is 11.5 Å². The van der Waals surface area contributed by atoms with Gasteiger partial charge in [-0.3, -0.25) is 0 Å². The minimum atomic E-state index is -0.518. The maximum atomic E-state index is 14.4. The van der Waals surface area contributed by atoms with Crippen molar-refractivity contribution in [3.8, 4) is 11.5 Å². The van der Waals surface area contributed by atoms with Gasteiger partial charge < -0.3 is 15.4 Å². The average Bonchev–Trinajstić information content (AvgIpc) is 2.75. The van der Waals surface area contributed by atoms with Crippen LogP contribution >= 0.6 is 0 Å². The van der Waals surface area contributed by atoms with Gasteiger partial charge in [0.05, 0.1) is 6.20 Å². The molecule has 2 fully saturated rings. The molecule has 0 amide bonds. The van der Waals surface area contributed by atoms with Crippen LogP contribution in [0.1, 0.15) is 44.9 Å². The Morgan fingerprint density at radius 2 is 1.86 bits per heavy atom. The topological polar surface area (TPSA) is 84.9 Å². The number of aromatic nitrogens is 4. The highest BCUT2D eigenvalue weighted by Gasteiger charge is 2.18. The highest BCUT2D eigenvalue weighted by Crippen LogP contribution is 2.23. The second-order valence-electron chi connectivity index (χ2n) is 7.57. The zero-order valence-corrected chi connectivity index (χ0v) is 16.0. The first-order valence-electron chi connectivity index (χ1n) is 10.2. The third-order valence-electron chi connectivity index (χ3n) is 5.46. The van der Waals surface area contributed by atoms with Crippen LogP contribution in [0.4, 0.5) is 16.2 Å². The lowest BCUT2D eigenvalue weighted by Crippen LogP contribution is -2.23. The SMILES string of the molecule is Fc1cnc(NC2CCCCC2)nc1-c1nccc(NCC2CCOCC2)n1. The van der Waals surface area contributed by atoms with E-state index in [1.165, 1.54) is 25.5 Å². The van der Waals surface area contributed by atoms with Crippen LogP contribution in [0.25, 0.3) is 11.5 Å². The summed E-state index contributed by atoms with van der Waals surface area (Å²) in [5.74, 6) is 1.43. The number of nitrogens with zero attached hydrogens (tertiary/aromatic N) is 4. The molecule has 2 aliphatic rings. The van der Waals surface area contributed by atoms with Crippen molar-refractivity contribution in [2.45, 2.75) is 51.0 Å². The summed E-state index contributed by atoms with van der Waals surface area (Å²) in [5.41, 5.74) is 0.128. The van der Waals surface area contributed by atoms with Crippen molar-refractivity contribution in [1.82, 2.24) is 19.9 Å². The van der Waals surface area contributed by atoms with Crippen molar-refractivity contribution >= 4 is 11.8 Å². The van der Waals surface area contributed by atoms with Crippen LogP contribution in [0.5, 0.6) is 0 Å². The molecular weight excluding hydrogens is 359 g/mol. The predicted molar refractivity (Wildman–Crippen MR) is 106 cm³/mol. The summed E-state index contributed by atoms with van der Waals surface area (Å²) in [6.07, 6.45) is 10.8. The maximum Gasteiger partial charge on any atom is 0.223 e. The summed E-state index contributed by atoms with van der Waals surface area (Å²) in [6, 6.07) is 2.14. The van der Waals surface area contributed by atoms with Crippen molar-refractivity contribution in [1.29, 1.82) is 0 Å². The number of ether oxygens (including phenoxy) is 1. The molecule has 0 radical (unpaired) electrons. The smallest absolute Gasteiger partial charge is 0.223 e. The van der Waals surface area contributed by atoms with Crippen LogP contribution in [-0.4, -0.2) is 45.7 Å². The molecule has 2 aromatic heterocycles. The van der Waals surface area contributed by atoms with E-state index in [-0.39, 0.29) is 11.5 Å². The minimum absolute atomic E-state index is 0.128. The van der Waals surface area contributed by atoms with Crippen molar-refractivity contribution in [3.63, 3.8) is 0 Å². The van der Waals surface area contributed by atoms with Crippen LogP contribution in [0, 0.1) is 11.7 Å². The third-order valence-corrected chi connectivity index (χ3v) is 5.46. The Kier molecular flexibility index (Phi) is 6.26. The number of halogens is 1. The summed E-state index contributed by atoms with van der Waals surface area (Å²) in [4.78, 5) is 17.1. The third kappa shape index (κ3) is 4.92. The summed E-state index contributed by atoms with van der Waals surface area (Å²) in [5, 5.41) is 6.67. The van der Waals surface area contributed by atoms with Gasteiger partial charge in [0.2, 0.25) is 5.95 Å². The molecule has 7 nitrogen and oxygen atoms in total. The number of anilines is 2. The van der Waals surface area contributed by atoms with Crippen LogP contribution in [0.3, 0.4) is 0 Å². The summed E-state index contributed by atoms with van der Waals surface area (Å²) in [7, 11) is 0. The zero-order chi connectivity index (χ0) is 19.2. The zero-order valence-electron chi connectivity index (χ0n) is 16.0. The van der Waals surface area contributed by atoms with Gasteiger partial charge in [-0.2, -0.15) is 0 Å². The van der Waals surface area contributed by atoms with E-state index in [1.807, 2.05) is 0 Å². The van der Waals surface area contributed by atoms with Gasteiger partial charge in [0.15, 0.2) is 11.6 Å². The van der Waals surface area contributed by atoms with E-state index in [4.69, 9.17) is 4.74 Å². The summed E-state index contributed by atoms with van der Waals surface area (Å²) in [6.45, 7) is 2.44. The molecule has 0 atom stereocenters. The van der Waals surface area contributed by atoms with Crippen molar-refractivity contribution in [2.75, 3.05) is 30.4 Å². The molecule has 2 N–H and O–H groups in total. The van der Waals surface area contributed by atoms with Gasteiger partial charge >= 0.3 is 0 Å². The molecule has 1 saturated carbocycles. The molecule has 1 aliphatic heterocycles. The highest BCUT2D eigenvalue weighted by atomic mass is 19.1. The molecule has 150 valence electrons. The van der Waals surface area contributed by atoms with Crippen molar-refractivity contribution in [2.24, 2.45) is 5.92 Å². The molecule has 3 heterocycles. The van der Waals surface area contributed by atoms with Gasteiger partial charge in [-0.05, 0) is 37.7 Å². The molecule has 8 heteroatoms. The lowest BCUT2D eigenvalue weighted by molar-refractivity contribution is 0.0699. The molecule has 1 saturated heterocycles. The Balaban J connectivity index is 1.45. The van der Waals surface area contributed by atoms with Gasteiger partial charge in [0, 0.05) is 32.0 Å². The van der Waals surface area contributed by atoms with E-state index in [2.05, 4.69) is 30.6 Å². The monoisotopic (exact) mass is 386 g/mol. The van der Waals surface area contributed by atoms with Crippen LogP contribution < -0.4 is 10.6 Å². The van der Waals surface area contributed by atoms with E-state index in [1.54, 1.807) is 12.3 Å². The van der Waals surface area contributed by atoms with E-state index in [0.29, 0.717) is 23.7 Å². The molecule has 0 bridgehead atoms. The second-order valence-corrected chi connectivity index (χ2v) is 7.57.